The van der Waals surface area contributed by atoms with Gasteiger partial charge in [-0.3, -0.25) is 14.9 Å². The van der Waals surface area contributed by atoms with E-state index in [0.717, 1.165) is 54.0 Å². The van der Waals surface area contributed by atoms with Gasteiger partial charge >= 0.3 is 0 Å². The van der Waals surface area contributed by atoms with E-state index < -0.39 is 0 Å². The van der Waals surface area contributed by atoms with Crippen LogP contribution in [0.25, 0.3) is 22.2 Å². The lowest BCUT2D eigenvalue weighted by Crippen LogP contribution is -2.51. The van der Waals surface area contributed by atoms with Gasteiger partial charge < -0.3 is 14.5 Å². The number of piperazine rings is 1. The molecule has 0 radical (unpaired) electrons. The first-order valence-electron chi connectivity index (χ1n) is 12.3. The first-order valence-corrected chi connectivity index (χ1v) is 13.1. The van der Waals surface area contributed by atoms with Gasteiger partial charge in [-0.2, -0.15) is 5.10 Å². The van der Waals surface area contributed by atoms with Gasteiger partial charge in [0, 0.05) is 61.0 Å². The Kier molecular flexibility index (Phi) is 6.16. The van der Waals surface area contributed by atoms with E-state index in [-0.39, 0.29) is 12.0 Å². The van der Waals surface area contributed by atoms with Crippen LogP contribution in [-0.4, -0.2) is 56.6 Å². The highest BCUT2D eigenvalue weighted by Gasteiger charge is 2.35. The van der Waals surface area contributed by atoms with Crippen LogP contribution in [0.2, 0.25) is 10.0 Å². The highest BCUT2D eigenvalue weighted by Crippen LogP contribution is 2.36. The third-order valence-corrected chi connectivity index (χ3v) is 8.05. The molecule has 37 heavy (non-hydrogen) atoms. The second-order valence-electron chi connectivity index (χ2n) is 9.59. The van der Waals surface area contributed by atoms with E-state index >= 15 is 0 Å². The average Bonchev–Trinajstić information content (AvgIpc) is 3.49. The number of nitrogens with zero attached hydrogens (tertiary/aromatic N) is 5. The molecule has 0 saturated carbocycles. The van der Waals surface area contributed by atoms with E-state index in [2.05, 4.69) is 20.1 Å². The molecule has 1 amide bonds. The zero-order chi connectivity index (χ0) is 25.7. The van der Waals surface area contributed by atoms with E-state index in [0.29, 0.717) is 39.5 Å². The quantitative estimate of drug-likeness (QED) is 0.358. The van der Waals surface area contributed by atoms with E-state index in [1.165, 1.54) is 0 Å². The molecular weight excluding hydrogens is 511 g/mol. The van der Waals surface area contributed by atoms with Crippen LogP contribution in [0.1, 0.15) is 37.1 Å². The Morgan fingerprint density at radius 2 is 2.00 bits per heavy atom. The minimum absolute atomic E-state index is 0.276. The number of carbonyl (C=O) groups is 1. The second kappa shape index (κ2) is 9.50. The van der Waals surface area contributed by atoms with Crippen molar-refractivity contribution in [3.63, 3.8) is 0 Å². The number of H-pyrrole nitrogens is 1. The summed E-state index contributed by atoms with van der Waals surface area (Å²) in [5.74, 6) is 1.87. The molecule has 6 rings (SSSR count). The molecule has 8 nitrogen and oxygen atoms in total. The van der Waals surface area contributed by atoms with Gasteiger partial charge in [0.25, 0.3) is 0 Å². The Morgan fingerprint density at radius 1 is 1.14 bits per heavy atom. The number of ether oxygens (including phenoxy) is 1. The molecule has 1 N–H and O–H groups in total. The Morgan fingerprint density at radius 3 is 2.81 bits per heavy atom. The van der Waals surface area contributed by atoms with Gasteiger partial charge in [-0.05, 0) is 50.6 Å². The number of aromatic amines is 1. The molecule has 0 bridgehead atoms. The normalized spacial score (nSPS) is 18.4. The SMILES string of the molecule is Cc1ncc(Cl)c(C(C)Oc2ccc3[nH]nc(-c4ccc(N5CCN6C(=O)CCC6C5)nc4)c3c2)c1Cl. The number of rotatable bonds is 5. The van der Waals surface area contributed by atoms with Gasteiger partial charge in [0.2, 0.25) is 5.91 Å². The smallest absolute Gasteiger partial charge is 0.223 e. The van der Waals surface area contributed by atoms with Crippen molar-refractivity contribution < 1.29 is 9.53 Å². The molecule has 0 aliphatic carbocycles. The molecule has 2 unspecified atom stereocenters. The minimum atomic E-state index is -0.369. The Hall–Kier alpha value is -3.36. The molecule has 10 heteroatoms. The first-order chi connectivity index (χ1) is 17.9. The standard InChI is InChI=1S/C27H26Cl2N6O2/c1-15-26(29)25(21(28)13-30-15)16(2)37-19-5-6-22-20(11-19)27(33-32-22)17-3-7-23(31-12-17)34-9-10-35-18(14-34)4-8-24(35)36/h3,5-7,11-13,16,18H,4,8-10,14H2,1-2H3,(H,32,33). The van der Waals surface area contributed by atoms with Crippen molar-refractivity contribution in [2.24, 2.45) is 0 Å². The van der Waals surface area contributed by atoms with Gasteiger partial charge in [-0.15, -0.1) is 0 Å². The summed E-state index contributed by atoms with van der Waals surface area (Å²) >= 11 is 12.9. The number of aromatic nitrogens is 4. The number of anilines is 1. The number of halogens is 2. The van der Waals surface area contributed by atoms with Crippen molar-refractivity contribution in [3.8, 4) is 17.0 Å². The van der Waals surface area contributed by atoms with Crippen LogP contribution in [0.5, 0.6) is 5.75 Å². The average molecular weight is 537 g/mol. The molecular formula is C27H26Cl2N6O2. The van der Waals surface area contributed by atoms with Crippen LogP contribution in [0.3, 0.4) is 0 Å². The minimum Gasteiger partial charge on any atom is -0.486 e. The summed E-state index contributed by atoms with van der Waals surface area (Å²) in [5.41, 5.74) is 4.03. The molecule has 2 aliphatic rings. The number of carbonyl (C=O) groups excluding carboxylic acids is 1. The van der Waals surface area contributed by atoms with E-state index in [1.54, 1.807) is 6.20 Å². The topological polar surface area (TPSA) is 87.2 Å². The Bertz CT molecular complexity index is 1490. The summed E-state index contributed by atoms with van der Waals surface area (Å²) in [5, 5.41) is 9.56. The third kappa shape index (κ3) is 4.38. The molecule has 1 aromatic carbocycles. The van der Waals surface area contributed by atoms with Gasteiger partial charge in [-0.25, -0.2) is 4.98 Å². The lowest BCUT2D eigenvalue weighted by Gasteiger charge is -2.38. The summed E-state index contributed by atoms with van der Waals surface area (Å²) in [6.45, 7) is 6.13. The number of aryl methyl sites for hydroxylation is 1. The zero-order valence-corrected chi connectivity index (χ0v) is 22.1. The van der Waals surface area contributed by atoms with E-state index in [4.69, 9.17) is 32.9 Å². The van der Waals surface area contributed by atoms with Gasteiger partial charge in [0.15, 0.2) is 0 Å². The molecule has 3 aromatic heterocycles. The predicted octanol–water partition coefficient (Wildman–Crippen LogP) is 5.59. The summed E-state index contributed by atoms with van der Waals surface area (Å²) in [6, 6.07) is 10.2. The fourth-order valence-corrected chi connectivity index (χ4v) is 5.94. The third-order valence-electron chi connectivity index (χ3n) is 7.28. The van der Waals surface area contributed by atoms with Gasteiger partial charge in [0.1, 0.15) is 23.4 Å². The largest absolute Gasteiger partial charge is 0.486 e. The maximum atomic E-state index is 12.0. The lowest BCUT2D eigenvalue weighted by molar-refractivity contribution is -0.129. The van der Waals surface area contributed by atoms with Crippen molar-refractivity contribution in [2.75, 3.05) is 24.5 Å². The highest BCUT2D eigenvalue weighted by molar-refractivity contribution is 6.36. The van der Waals surface area contributed by atoms with Crippen LogP contribution >= 0.6 is 23.2 Å². The van der Waals surface area contributed by atoms with E-state index in [1.807, 2.05) is 55.3 Å². The predicted molar refractivity (Wildman–Crippen MR) is 144 cm³/mol. The summed E-state index contributed by atoms with van der Waals surface area (Å²) < 4.78 is 6.24. The maximum absolute atomic E-state index is 12.0. The molecule has 2 atom stereocenters. The molecule has 2 saturated heterocycles. The number of hydrogen-bond donors (Lipinski definition) is 1. The maximum Gasteiger partial charge on any atom is 0.223 e. The van der Waals surface area contributed by atoms with Crippen molar-refractivity contribution in [3.05, 3.63) is 64.0 Å². The van der Waals surface area contributed by atoms with Gasteiger partial charge in [-0.1, -0.05) is 23.2 Å². The summed E-state index contributed by atoms with van der Waals surface area (Å²) in [4.78, 5) is 25.2. The Labute approximate surface area is 224 Å². The fourth-order valence-electron chi connectivity index (χ4n) is 5.29. The Balaban J connectivity index is 1.23. The number of amides is 1. The van der Waals surface area contributed by atoms with Crippen LogP contribution < -0.4 is 9.64 Å². The van der Waals surface area contributed by atoms with Gasteiger partial charge in [0.05, 0.1) is 21.3 Å². The first kappa shape index (κ1) is 24.0. The molecule has 2 fully saturated rings. The summed E-state index contributed by atoms with van der Waals surface area (Å²) in [6.07, 6.45) is 4.66. The monoisotopic (exact) mass is 536 g/mol. The molecule has 0 spiro atoms. The molecule has 190 valence electrons. The van der Waals surface area contributed by atoms with Crippen LogP contribution in [0.4, 0.5) is 5.82 Å². The van der Waals surface area contributed by atoms with Crippen LogP contribution in [-0.2, 0) is 4.79 Å². The lowest BCUT2D eigenvalue weighted by atomic mass is 10.1. The van der Waals surface area contributed by atoms with Crippen LogP contribution in [0, 0.1) is 6.92 Å². The van der Waals surface area contributed by atoms with E-state index in [9.17, 15) is 4.79 Å². The molecule has 4 aromatic rings. The summed E-state index contributed by atoms with van der Waals surface area (Å²) in [7, 11) is 0. The second-order valence-corrected chi connectivity index (χ2v) is 10.4. The van der Waals surface area contributed by atoms with Crippen molar-refractivity contribution in [1.29, 1.82) is 0 Å². The molecule has 5 heterocycles. The number of hydrogen-bond acceptors (Lipinski definition) is 6. The number of pyridine rings is 2. The van der Waals surface area contributed by atoms with Crippen molar-refractivity contribution in [2.45, 2.75) is 38.8 Å². The van der Waals surface area contributed by atoms with Crippen molar-refractivity contribution in [1.82, 2.24) is 25.1 Å². The highest BCUT2D eigenvalue weighted by atomic mass is 35.5. The zero-order valence-electron chi connectivity index (χ0n) is 20.5. The fraction of sp³-hybridized carbons (Fsp3) is 0.333. The van der Waals surface area contributed by atoms with Crippen LogP contribution in [0.15, 0.2) is 42.7 Å². The van der Waals surface area contributed by atoms with Crippen molar-refractivity contribution >= 4 is 45.8 Å². The number of nitrogens with one attached hydrogen (secondary N) is 1. The number of fused-ring (bicyclic) bond motifs is 2. The number of benzene rings is 1. The molecule has 2 aliphatic heterocycles.